The molecule has 0 aromatic heterocycles. The van der Waals surface area contributed by atoms with Gasteiger partial charge in [0, 0.05) is 6.42 Å². The highest BCUT2D eigenvalue weighted by molar-refractivity contribution is 5.93. The minimum atomic E-state index is 0.177. The monoisotopic (exact) mass is 294 g/mol. The lowest BCUT2D eigenvalue weighted by Gasteiger charge is -2.01. The fourth-order valence-electron chi connectivity index (χ4n) is 2.29. The van der Waals surface area contributed by atoms with E-state index in [1.54, 1.807) is 13.2 Å². The Hall–Kier alpha value is -2.35. The summed E-state index contributed by atoms with van der Waals surface area (Å²) in [6.45, 7) is 0. The zero-order valence-electron chi connectivity index (χ0n) is 13.0. The number of ketones is 1. The second-order valence-corrected chi connectivity index (χ2v) is 5.27. The van der Waals surface area contributed by atoms with Crippen molar-refractivity contribution in [3.05, 3.63) is 71.8 Å². The van der Waals surface area contributed by atoms with Crippen molar-refractivity contribution in [1.82, 2.24) is 0 Å². The van der Waals surface area contributed by atoms with Crippen LogP contribution in [0.4, 0.5) is 0 Å². The molecule has 0 aliphatic rings. The van der Waals surface area contributed by atoms with Gasteiger partial charge in [0.25, 0.3) is 0 Å². The Morgan fingerprint density at radius 3 is 2.64 bits per heavy atom. The molecule has 0 spiro atoms. The predicted octanol–water partition coefficient (Wildman–Crippen LogP) is 4.69. The topological polar surface area (TPSA) is 26.3 Å². The standard InChI is InChI=1S/C20H22O2/c1-22-20-13-7-11-18(16-20)14-15-19(21)12-6-5-10-17-8-3-2-4-9-17/h2-4,7-9,11,13-16H,5-6,10,12H2,1H3/b15-14+. The summed E-state index contributed by atoms with van der Waals surface area (Å²) >= 11 is 0. The van der Waals surface area contributed by atoms with E-state index < -0.39 is 0 Å². The van der Waals surface area contributed by atoms with Crippen LogP contribution in [0.2, 0.25) is 0 Å². The van der Waals surface area contributed by atoms with E-state index in [1.165, 1.54) is 5.56 Å². The molecule has 0 heterocycles. The third kappa shape index (κ3) is 5.57. The molecule has 0 saturated heterocycles. The van der Waals surface area contributed by atoms with Crippen molar-refractivity contribution in [2.45, 2.75) is 25.7 Å². The first-order chi connectivity index (χ1) is 10.8. The molecule has 2 heteroatoms. The molecule has 0 amide bonds. The van der Waals surface area contributed by atoms with E-state index in [-0.39, 0.29) is 5.78 Å². The van der Waals surface area contributed by atoms with E-state index in [4.69, 9.17) is 4.74 Å². The van der Waals surface area contributed by atoms with Gasteiger partial charge in [0.05, 0.1) is 7.11 Å². The van der Waals surface area contributed by atoms with Crippen molar-refractivity contribution in [2.75, 3.05) is 7.11 Å². The molecule has 114 valence electrons. The average Bonchev–Trinajstić information content (AvgIpc) is 2.58. The number of aryl methyl sites for hydroxylation is 1. The van der Waals surface area contributed by atoms with Crippen molar-refractivity contribution in [1.29, 1.82) is 0 Å². The number of hydrogen-bond acceptors (Lipinski definition) is 2. The number of carbonyl (C=O) groups is 1. The van der Waals surface area contributed by atoms with Crippen molar-refractivity contribution in [2.24, 2.45) is 0 Å². The highest BCUT2D eigenvalue weighted by Gasteiger charge is 1.99. The minimum Gasteiger partial charge on any atom is -0.497 e. The Bertz CT molecular complexity index is 615. The molecule has 2 aromatic rings. The van der Waals surface area contributed by atoms with Crippen LogP contribution in [-0.2, 0) is 11.2 Å². The first kappa shape index (κ1) is 16.0. The maximum Gasteiger partial charge on any atom is 0.155 e. The van der Waals surface area contributed by atoms with Crippen LogP contribution < -0.4 is 4.74 Å². The first-order valence-electron chi connectivity index (χ1n) is 7.67. The van der Waals surface area contributed by atoms with E-state index in [1.807, 2.05) is 36.4 Å². The molecule has 0 saturated carbocycles. The van der Waals surface area contributed by atoms with Crippen LogP contribution in [0, 0.1) is 0 Å². The summed E-state index contributed by atoms with van der Waals surface area (Å²) < 4.78 is 5.16. The largest absolute Gasteiger partial charge is 0.497 e. The SMILES string of the molecule is COc1cccc(/C=C/C(=O)CCCCc2ccccc2)c1. The summed E-state index contributed by atoms with van der Waals surface area (Å²) in [4.78, 5) is 11.9. The fraction of sp³-hybridized carbons (Fsp3) is 0.250. The summed E-state index contributed by atoms with van der Waals surface area (Å²) in [6.07, 6.45) is 7.12. The lowest BCUT2D eigenvalue weighted by molar-refractivity contribution is -0.114. The van der Waals surface area contributed by atoms with Crippen LogP contribution >= 0.6 is 0 Å². The van der Waals surface area contributed by atoms with E-state index in [9.17, 15) is 4.79 Å². The van der Waals surface area contributed by atoms with Gasteiger partial charge < -0.3 is 4.74 Å². The first-order valence-corrected chi connectivity index (χ1v) is 7.67. The normalized spacial score (nSPS) is 10.8. The molecule has 0 aliphatic heterocycles. The second-order valence-electron chi connectivity index (χ2n) is 5.27. The van der Waals surface area contributed by atoms with Crippen LogP contribution in [0.15, 0.2) is 60.7 Å². The van der Waals surface area contributed by atoms with Crippen LogP contribution in [-0.4, -0.2) is 12.9 Å². The highest BCUT2D eigenvalue weighted by Crippen LogP contribution is 2.14. The molecule has 0 atom stereocenters. The van der Waals surface area contributed by atoms with Gasteiger partial charge in [-0.25, -0.2) is 0 Å². The van der Waals surface area contributed by atoms with Crippen LogP contribution in [0.5, 0.6) is 5.75 Å². The summed E-state index contributed by atoms with van der Waals surface area (Å²) in [5.41, 5.74) is 2.32. The minimum absolute atomic E-state index is 0.177. The second kappa shape index (κ2) is 8.83. The van der Waals surface area contributed by atoms with Crippen molar-refractivity contribution in [3.63, 3.8) is 0 Å². The number of methoxy groups -OCH3 is 1. The molecule has 0 unspecified atom stereocenters. The number of rotatable bonds is 8. The third-order valence-electron chi connectivity index (χ3n) is 3.54. The molecule has 0 bridgehead atoms. The summed E-state index contributed by atoms with van der Waals surface area (Å²) in [5, 5.41) is 0. The van der Waals surface area contributed by atoms with Gasteiger partial charge in [0.1, 0.15) is 5.75 Å². The molecule has 0 fully saturated rings. The van der Waals surface area contributed by atoms with Crippen LogP contribution in [0.25, 0.3) is 6.08 Å². The van der Waals surface area contributed by atoms with E-state index in [0.29, 0.717) is 6.42 Å². The smallest absolute Gasteiger partial charge is 0.155 e. The molecule has 0 N–H and O–H groups in total. The lowest BCUT2D eigenvalue weighted by atomic mass is 10.1. The van der Waals surface area contributed by atoms with Gasteiger partial charge in [-0.2, -0.15) is 0 Å². The summed E-state index contributed by atoms with van der Waals surface area (Å²) in [7, 11) is 1.64. The molecule has 0 radical (unpaired) electrons. The van der Waals surface area contributed by atoms with Crippen molar-refractivity contribution >= 4 is 11.9 Å². The van der Waals surface area contributed by atoms with Gasteiger partial charge >= 0.3 is 0 Å². The van der Waals surface area contributed by atoms with E-state index in [2.05, 4.69) is 24.3 Å². The Labute approximate surface area is 132 Å². The van der Waals surface area contributed by atoms with Crippen molar-refractivity contribution < 1.29 is 9.53 Å². The number of allylic oxidation sites excluding steroid dienone is 1. The quantitative estimate of drug-likeness (QED) is 0.521. The Morgan fingerprint density at radius 1 is 1.05 bits per heavy atom. The molecule has 2 rings (SSSR count). The fourth-order valence-corrected chi connectivity index (χ4v) is 2.29. The summed E-state index contributed by atoms with van der Waals surface area (Å²) in [6, 6.07) is 18.1. The highest BCUT2D eigenvalue weighted by atomic mass is 16.5. The van der Waals surface area contributed by atoms with Gasteiger partial charge in [-0.15, -0.1) is 0 Å². The number of unbranched alkanes of at least 4 members (excludes halogenated alkanes) is 1. The van der Waals surface area contributed by atoms with Crippen LogP contribution in [0.1, 0.15) is 30.4 Å². The van der Waals surface area contributed by atoms with Gasteiger partial charge in [-0.05, 0) is 48.6 Å². The molecule has 2 aromatic carbocycles. The predicted molar refractivity (Wildman–Crippen MR) is 91.0 cm³/mol. The molecule has 2 nitrogen and oxygen atoms in total. The average molecular weight is 294 g/mol. The maximum atomic E-state index is 11.9. The zero-order chi connectivity index (χ0) is 15.6. The number of ether oxygens (including phenoxy) is 1. The van der Waals surface area contributed by atoms with Gasteiger partial charge in [0.15, 0.2) is 5.78 Å². The Balaban J connectivity index is 1.72. The lowest BCUT2D eigenvalue weighted by Crippen LogP contribution is -1.93. The number of hydrogen-bond donors (Lipinski definition) is 0. The van der Waals surface area contributed by atoms with Crippen LogP contribution in [0.3, 0.4) is 0 Å². The molecular formula is C20H22O2. The molecular weight excluding hydrogens is 272 g/mol. The zero-order valence-corrected chi connectivity index (χ0v) is 13.0. The third-order valence-corrected chi connectivity index (χ3v) is 3.54. The van der Waals surface area contributed by atoms with E-state index >= 15 is 0 Å². The number of benzene rings is 2. The molecule has 0 aliphatic carbocycles. The number of carbonyl (C=O) groups excluding carboxylic acids is 1. The Morgan fingerprint density at radius 2 is 1.86 bits per heavy atom. The maximum absolute atomic E-state index is 11.9. The van der Waals surface area contributed by atoms with Crippen molar-refractivity contribution in [3.8, 4) is 5.75 Å². The van der Waals surface area contributed by atoms with Gasteiger partial charge in [-0.3, -0.25) is 4.79 Å². The van der Waals surface area contributed by atoms with Gasteiger partial charge in [-0.1, -0.05) is 48.5 Å². The summed E-state index contributed by atoms with van der Waals surface area (Å²) in [5.74, 6) is 0.980. The van der Waals surface area contributed by atoms with Gasteiger partial charge in [0.2, 0.25) is 0 Å². The Kier molecular flexibility index (Phi) is 6.43. The molecule has 22 heavy (non-hydrogen) atoms. The van der Waals surface area contributed by atoms with E-state index in [0.717, 1.165) is 30.6 Å².